The number of ether oxygens (including phenoxy) is 2. The quantitative estimate of drug-likeness (QED) is 0.458. The van der Waals surface area contributed by atoms with E-state index in [0.29, 0.717) is 13.2 Å². The van der Waals surface area contributed by atoms with Crippen LogP contribution in [0.2, 0.25) is 0 Å². The summed E-state index contributed by atoms with van der Waals surface area (Å²) < 4.78 is 10.3. The van der Waals surface area contributed by atoms with Gasteiger partial charge in [0.15, 0.2) is 0 Å². The van der Waals surface area contributed by atoms with E-state index >= 15 is 0 Å². The van der Waals surface area contributed by atoms with Crippen LogP contribution in [0.15, 0.2) is 29.4 Å². The van der Waals surface area contributed by atoms with Crippen molar-refractivity contribution in [2.75, 3.05) is 32.7 Å². The van der Waals surface area contributed by atoms with Gasteiger partial charge in [0.25, 0.3) is 0 Å². The smallest absolute Gasteiger partial charge is 0.106 e. The SMILES string of the molecule is COCCOCCCCCSSc1ccccn1. The van der Waals surface area contributed by atoms with Crippen LogP contribution in [0.25, 0.3) is 0 Å². The van der Waals surface area contributed by atoms with Crippen molar-refractivity contribution in [1.82, 2.24) is 4.98 Å². The van der Waals surface area contributed by atoms with E-state index in [-0.39, 0.29) is 0 Å². The molecule has 0 amide bonds. The first-order valence-corrected chi connectivity index (χ1v) is 8.52. The summed E-state index contributed by atoms with van der Waals surface area (Å²) in [5, 5.41) is 1.09. The van der Waals surface area contributed by atoms with Crippen LogP contribution in [0.3, 0.4) is 0 Å². The molecule has 0 unspecified atom stereocenters. The number of unbranched alkanes of at least 4 members (excludes halogenated alkanes) is 2. The molecule has 1 heterocycles. The Bertz CT molecular complexity index is 286. The van der Waals surface area contributed by atoms with Crippen LogP contribution in [0.5, 0.6) is 0 Å². The minimum Gasteiger partial charge on any atom is -0.382 e. The number of pyridine rings is 1. The topological polar surface area (TPSA) is 31.4 Å². The van der Waals surface area contributed by atoms with Crippen molar-refractivity contribution in [1.29, 1.82) is 0 Å². The highest BCUT2D eigenvalue weighted by molar-refractivity contribution is 8.76. The molecule has 0 radical (unpaired) electrons. The molecular weight excluding hydrogens is 266 g/mol. The Morgan fingerprint density at radius 2 is 2.06 bits per heavy atom. The Morgan fingerprint density at radius 3 is 2.83 bits per heavy atom. The fraction of sp³-hybridized carbons (Fsp3) is 0.615. The summed E-state index contributed by atoms with van der Waals surface area (Å²) in [5.41, 5.74) is 0. The second-order valence-electron chi connectivity index (χ2n) is 3.74. The molecule has 0 aliphatic carbocycles. The van der Waals surface area contributed by atoms with E-state index in [1.54, 1.807) is 17.9 Å². The van der Waals surface area contributed by atoms with Crippen LogP contribution in [0, 0.1) is 0 Å². The lowest BCUT2D eigenvalue weighted by Crippen LogP contribution is -2.02. The molecule has 0 aliphatic rings. The van der Waals surface area contributed by atoms with E-state index in [9.17, 15) is 0 Å². The monoisotopic (exact) mass is 287 g/mol. The summed E-state index contributed by atoms with van der Waals surface area (Å²) in [5.74, 6) is 1.17. The van der Waals surface area contributed by atoms with Gasteiger partial charge in [-0.1, -0.05) is 23.3 Å². The van der Waals surface area contributed by atoms with Crippen LogP contribution in [0.1, 0.15) is 19.3 Å². The van der Waals surface area contributed by atoms with Crippen LogP contribution in [-0.2, 0) is 9.47 Å². The molecule has 18 heavy (non-hydrogen) atoms. The number of rotatable bonds is 11. The van der Waals surface area contributed by atoms with Crippen LogP contribution in [-0.4, -0.2) is 37.7 Å². The van der Waals surface area contributed by atoms with E-state index in [4.69, 9.17) is 9.47 Å². The van der Waals surface area contributed by atoms with Crippen LogP contribution >= 0.6 is 21.6 Å². The normalized spacial score (nSPS) is 10.7. The van der Waals surface area contributed by atoms with Crippen molar-refractivity contribution in [3.8, 4) is 0 Å². The molecule has 0 saturated heterocycles. The number of aromatic nitrogens is 1. The zero-order valence-corrected chi connectivity index (χ0v) is 12.5. The van der Waals surface area contributed by atoms with E-state index in [0.717, 1.165) is 18.1 Å². The molecule has 0 N–H and O–H groups in total. The largest absolute Gasteiger partial charge is 0.382 e. The summed E-state index contributed by atoms with van der Waals surface area (Å²) in [6.07, 6.45) is 5.43. The molecule has 0 spiro atoms. The minimum atomic E-state index is 0.691. The Hall–Kier alpha value is -0.230. The maximum absolute atomic E-state index is 5.40. The Morgan fingerprint density at radius 1 is 1.11 bits per heavy atom. The number of methoxy groups -OCH3 is 1. The van der Waals surface area contributed by atoms with Crippen molar-refractivity contribution in [2.45, 2.75) is 24.3 Å². The lowest BCUT2D eigenvalue weighted by Gasteiger charge is -2.03. The summed E-state index contributed by atoms with van der Waals surface area (Å²) in [6.45, 7) is 2.25. The molecule has 1 aromatic heterocycles. The predicted molar refractivity (Wildman–Crippen MR) is 79.1 cm³/mol. The van der Waals surface area contributed by atoms with E-state index < -0.39 is 0 Å². The lowest BCUT2D eigenvalue weighted by atomic mass is 10.3. The van der Waals surface area contributed by atoms with Crippen molar-refractivity contribution in [2.24, 2.45) is 0 Å². The first-order valence-electron chi connectivity index (χ1n) is 6.20. The van der Waals surface area contributed by atoms with Crippen molar-refractivity contribution in [3.63, 3.8) is 0 Å². The summed E-state index contributed by atoms with van der Waals surface area (Å²) in [6, 6.07) is 6.01. The van der Waals surface area contributed by atoms with Gasteiger partial charge in [0.1, 0.15) is 5.03 Å². The standard InChI is InChI=1S/C13H21NO2S2/c1-15-10-11-16-9-5-2-6-12-17-18-13-7-3-4-8-14-13/h3-4,7-8H,2,5-6,9-12H2,1H3. The lowest BCUT2D eigenvalue weighted by molar-refractivity contribution is 0.0688. The van der Waals surface area contributed by atoms with Crippen molar-refractivity contribution in [3.05, 3.63) is 24.4 Å². The first kappa shape index (κ1) is 15.8. The van der Waals surface area contributed by atoms with Crippen molar-refractivity contribution >= 4 is 21.6 Å². The highest BCUT2D eigenvalue weighted by Crippen LogP contribution is 2.29. The van der Waals surface area contributed by atoms with Gasteiger partial charge >= 0.3 is 0 Å². The van der Waals surface area contributed by atoms with Gasteiger partial charge in [-0.15, -0.1) is 0 Å². The molecule has 0 saturated carbocycles. The summed E-state index contributed by atoms with van der Waals surface area (Å²) in [4.78, 5) is 4.26. The zero-order chi connectivity index (χ0) is 12.9. The van der Waals surface area contributed by atoms with E-state index in [1.165, 1.54) is 18.6 Å². The molecule has 0 aliphatic heterocycles. The first-order chi connectivity index (χ1) is 8.93. The molecule has 3 nitrogen and oxygen atoms in total. The highest BCUT2D eigenvalue weighted by Gasteiger charge is 1.95. The summed E-state index contributed by atoms with van der Waals surface area (Å²) in [7, 11) is 5.32. The second-order valence-corrected chi connectivity index (χ2v) is 6.18. The highest BCUT2D eigenvalue weighted by atomic mass is 33.1. The fourth-order valence-electron chi connectivity index (χ4n) is 1.28. The minimum absolute atomic E-state index is 0.691. The van der Waals surface area contributed by atoms with Crippen LogP contribution in [0.4, 0.5) is 0 Å². The maximum atomic E-state index is 5.40. The van der Waals surface area contributed by atoms with E-state index in [1.807, 2.05) is 35.2 Å². The second kappa shape index (κ2) is 11.8. The molecule has 0 fully saturated rings. The molecule has 1 rings (SSSR count). The third-order valence-corrected chi connectivity index (χ3v) is 4.58. The molecule has 5 heteroatoms. The molecule has 0 atom stereocenters. The number of nitrogens with zero attached hydrogens (tertiary/aromatic N) is 1. The third-order valence-electron chi connectivity index (χ3n) is 2.23. The molecule has 0 aromatic carbocycles. The zero-order valence-electron chi connectivity index (χ0n) is 10.8. The van der Waals surface area contributed by atoms with Gasteiger partial charge in [-0.25, -0.2) is 4.98 Å². The van der Waals surface area contributed by atoms with Crippen molar-refractivity contribution < 1.29 is 9.47 Å². The fourth-order valence-corrected chi connectivity index (χ4v) is 3.31. The molecule has 1 aromatic rings. The third kappa shape index (κ3) is 8.80. The Kier molecular flexibility index (Phi) is 10.4. The molecular formula is C13H21NO2S2. The van der Waals surface area contributed by atoms with Gasteiger partial charge in [-0.3, -0.25) is 0 Å². The average Bonchev–Trinajstić information content (AvgIpc) is 2.42. The van der Waals surface area contributed by atoms with Gasteiger partial charge in [-0.2, -0.15) is 0 Å². The van der Waals surface area contributed by atoms with E-state index in [2.05, 4.69) is 4.98 Å². The predicted octanol–water partition coefficient (Wildman–Crippen LogP) is 3.66. The van der Waals surface area contributed by atoms with Crippen LogP contribution < -0.4 is 0 Å². The Balaban J connectivity index is 1.82. The summed E-state index contributed by atoms with van der Waals surface area (Å²) >= 11 is 0. The maximum Gasteiger partial charge on any atom is 0.106 e. The van der Waals surface area contributed by atoms with Gasteiger partial charge < -0.3 is 9.47 Å². The van der Waals surface area contributed by atoms with Gasteiger partial charge in [0, 0.05) is 25.7 Å². The average molecular weight is 287 g/mol. The molecule has 0 bridgehead atoms. The number of hydrogen-bond acceptors (Lipinski definition) is 5. The number of hydrogen-bond donors (Lipinski definition) is 0. The molecule has 102 valence electrons. The Labute approximate surface area is 117 Å². The van der Waals surface area contributed by atoms with Gasteiger partial charge in [0.05, 0.1) is 13.2 Å². The van der Waals surface area contributed by atoms with Gasteiger partial charge in [-0.05, 0) is 35.8 Å². The van der Waals surface area contributed by atoms with Gasteiger partial charge in [0.2, 0.25) is 0 Å².